The van der Waals surface area contributed by atoms with Crippen molar-refractivity contribution in [1.29, 1.82) is 0 Å². The monoisotopic (exact) mass is 302 g/mol. The molecule has 2 rings (SSSR count). The zero-order valence-corrected chi connectivity index (χ0v) is 12.7. The summed E-state index contributed by atoms with van der Waals surface area (Å²) in [5.74, 6) is 0.222. The molecular weight excluding hydrogens is 284 g/mol. The Bertz CT molecular complexity index is 621. The summed E-state index contributed by atoms with van der Waals surface area (Å²) < 4.78 is 46.8. The molecule has 0 N–H and O–H groups in total. The Morgan fingerprint density at radius 3 is 1.84 bits per heavy atom. The molecule has 0 aliphatic carbocycles. The second-order valence-electron chi connectivity index (χ2n) is 5.24. The molecular formula is C13H18O4S2. The summed E-state index contributed by atoms with van der Waals surface area (Å²) in [5, 5.41) is 0. The van der Waals surface area contributed by atoms with Crippen LogP contribution in [0.3, 0.4) is 0 Å². The maximum Gasteiger partial charge on any atom is 0.187 e. The lowest BCUT2D eigenvalue weighted by Crippen LogP contribution is -2.32. The van der Waals surface area contributed by atoms with Gasteiger partial charge in [-0.05, 0) is 23.5 Å². The third kappa shape index (κ3) is 2.84. The Kier molecular flexibility index (Phi) is 3.75. The van der Waals surface area contributed by atoms with Gasteiger partial charge in [-0.3, -0.25) is 0 Å². The van der Waals surface area contributed by atoms with Gasteiger partial charge in [0.1, 0.15) is 0 Å². The molecule has 6 heteroatoms. The third-order valence-corrected chi connectivity index (χ3v) is 8.71. The molecule has 1 saturated heterocycles. The Hall–Kier alpha value is -0.880. The minimum atomic E-state index is -3.61. The van der Waals surface area contributed by atoms with Gasteiger partial charge in [0.25, 0.3) is 0 Å². The van der Waals surface area contributed by atoms with E-state index >= 15 is 0 Å². The van der Waals surface area contributed by atoms with E-state index in [1.165, 1.54) is 0 Å². The normalized spacial score (nSPS) is 22.5. The predicted octanol–water partition coefficient (Wildman–Crippen LogP) is 2.04. The highest BCUT2D eigenvalue weighted by atomic mass is 32.3. The first-order valence-electron chi connectivity index (χ1n) is 6.27. The highest BCUT2D eigenvalue weighted by molar-refractivity contribution is 8.09. The van der Waals surface area contributed by atoms with Crippen LogP contribution in [0.5, 0.6) is 0 Å². The van der Waals surface area contributed by atoms with Crippen molar-refractivity contribution in [2.75, 3.05) is 11.5 Å². The largest absolute Gasteiger partial charge is 0.227 e. The fraction of sp³-hybridized carbons (Fsp3) is 0.538. The van der Waals surface area contributed by atoms with E-state index in [-0.39, 0.29) is 17.9 Å². The summed E-state index contributed by atoms with van der Waals surface area (Å²) >= 11 is 0. The molecule has 0 radical (unpaired) electrons. The molecule has 0 amide bonds. The zero-order valence-electron chi connectivity index (χ0n) is 11.0. The molecule has 1 aromatic rings. The van der Waals surface area contributed by atoms with E-state index < -0.39 is 24.3 Å². The van der Waals surface area contributed by atoms with Crippen LogP contribution in [0.2, 0.25) is 0 Å². The van der Waals surface area contributed by atoms with Crippen LogP contribution in [0.1, 0.15) is 41.9 Å². The van der Waals surface area contributed by atoms with Crippen LogP contribution in [-0.2, 0) is 19.7 Å². The van der Waals surface area contributed by atoms with E-state index in [2.05, 4.69) is 0 Å². The molecule has 4 nitrogen and oxygen atoms in total. The quantitative estimate of drug-likeness (QED) is 0.838. The number of hydrogen-bond acceptors (Lipinski definition) is 4. The summed E-state index contributed by atoms with van der Waals surface area (Å²) in [6.07, 6.45) is 0.200. The van der Waals surface area contributed by atoms with Crippen molar-refractivity contribution in [3.05, 3.63) is 35.4 Å². The van der Waals surface area contributed by atoms with Crippen molar-refractivity contribution in [3.8, 4) is 0 Å². The van der Waals surface area contributed by atoms with E-state index in [0.29, 0.717) is 11.5 Å². The molecule has 1 aromatic carbocycles. The van der Waals surface area contributed by atoms with Gasteiger partial charge in [0.05, 0.1) is 11.5 Å². The van der Waals surface area contributed by atoms with Crippen LogP contribution in [0.15, 0.2) is 24.3 Å². The Balaban J connectivity index is 2.49. The maximum absolute atomic E-state index is 12.0. The molecule has 0 saturated carbocycles. The van der Waals surface area contributed by atoms with E-state index in [0.717, 1.165) is 5.56 Å². The number of hydrogen-bond donors (Lipinski definition) is 0. The zero-order chi connectivity index (χ0) is 14.3. The van der Waals surface area contributed by atoms with Crippen LogP contribution < -0.4 is 0 Å². The maximum atomic E-state index is 12.0. The molecule has 1 fully saturated rings. The van der Waals surface area contributed by atoms with Crippen LogP contribution in [0.25, 0.3) is 0 Å². The van der Waals surface area contributed by atoms with Gasteiger partial charge in [0.15, 0.2) is 24.3 Å². The number of sulfone groups is 2. The molecule has 0 aromatic heterocycles. The molecule has 106 valence electrons. The lowest BCUT2D eigenvalue weighted by Gasteiger charge is -2.23. The van der Waals surface area contributed by atoms with Gasteiger partial charge < -0.3 is 0 Å². The van der Waals surface area contributed by atoms with Crippen LogP contribution in [-0.4, -0.2) is 28.3 Å². The SMILES string of the molecule is CC(C)c1ccc(C2S(=O)(=O)CCCS2(=O)=O)cc1. The third-order valence-electron chi connectivity index (χ3n) is 3.39. The number of rotatable bonds is 2. The van der Waals surface area contributed by atoms with E-state index in [1.54, 1.807) is 24.3 Å². The molecule has 0 atom stereocenters. The van der Waals surface area contributed by atoms with Crippen LogP contribution in [0.4, 0.5) is 0 Å². The molecule has 0 spiro atoms. The highest BCUT2D eigenvalue weighted by Crippen LogP contribution is 2.34. The topological polar surface area (TPSA) is 68.3 Å². The van der Waals surface area contributed by atoms with Gasteiger partial charge in [0, 0.05) is 0 Å². The van der Waals surface area contributed by atoms with E-state index in [9.17, 15) is 16.8 Å². The van der Waals surface area contributed by atoms with Crippen LogP contribution >= 0.6 is 0 Å². The lowest BCUT2D eigenvalue weighted by atomic mass is 10.0. The van der Waals surface area contributed by atoms with Crippen molar-refractivity contribution in [2.24, 2.45) is 0 Å². The van der Waals surface area contributed by atoms with Crippen molar-refractivity contribution >= 4 is 19.7 Å². The number of benzene rings is 1. The first-order valence-corrected chi connectivity index (χ1v) is 9.70. The van der Waals surface area contributed by atoms with Gasteiger partial charge in [-0.15, -0.1) is 0 Å². The van der Waals surface area contributed by atoms with E-state index in [4.69, 9.17) is 0 Å². The first-order chi connectivity index (χ1) is 8.74. The molecule has 0 unspecified atom stereocenters. The van der Waals surface area contributed by atoms with Gasteiger partial charge >= 0.3 is 0 Å². The molecule has 1 aliphatic heterocycles. The van der Waals surface area contributed by atoms with Gasteiger partial charge in [-0.25, -0.2) is 16.8 Å². The van der Waals surface area contributed by atoms with Gasteiger partial charge in [-0.1, -0.05) is 38.1 Å². The smallest absolute Gasteiger partial charge is 0.187 e. The standard InChI is InChI=1S/C13H18O4S2/c1-10(2)11-4-6-12(7-5-11)13-18(14,15)8-3-9-19(13,16)17/h4-7,10,13H,3,8-9H2,1-2H3. The fourth-order valence-corrected chi connectivity index (χ4v) is 7.56. The average molecular weight is 302 g/mol. The van der Waals surface area contributed by atoms with Crippen molar-refractivity contribution in [1.82, 2.24) is 0 Å². The molecule has 0 bridgehead atoms. The Morgan fingerprint density at radius 2 is 1.42 bits per heavy atom. The summed E-state index contributed by atoms with van der Waals surface area (Å²) in [4.78, 5) is 0. The Labute approximate surface area is 114 Å². The van der Waals surface area contributed by atoms with E-state index in [1.807, 2.05) is 13.8 Å². The average Bonchev–Trinajstić information content (AvgIpc) is 2.27. The van der Waals surface area contributed by atoms with Gasteiger partial charge in [0.2, 0.25) is 0 Å². The summed E-state index contributed by atoms with van der Waals surface area (Å²) in [6, 6.07) is 6.86. The van der Waals surface area contributed by atoms with Crippen molar-refractivity contribution in [3.63, 3.8) is 0 Å². The minimum absolute atomic E-state index is 0.0527. The fourth-order valence-electron chi connectivity index (χ4n) is 2.35. The van der Waals surface area contributed by atoms with Crippen LogP contribution in [0, 0.1) is 0 Å². The summed E-state index contributed by atoms with van der Waals surface area (Å²) in [7, 11) is -7.21. The molecule has 19 heavy (non-hydrogen) atoms. The first kappa shape index (κ1) is 14.5. The second-order valence-corrected chi connectivity index (χ2v) is 9.95. The second kappa shape index (κ2) is 4.90. The minimum Gasteiger partial charge on any atom is -0.227 e. The highest BCUT2D eigenvalue weighted by Gasteiger charge is 2.42. The molecule has 1 aliphatic rings. The van der Waals surface area contributed by atoms with Crippen molar-refractivity contribution in [2.45, 2.75) is 30.8 Å². The predicted molar refractivity (Wildman–Crippen MR) is 75.5 cm³/mol. The summed E-state index contributed by atoms with van der Waals surface area (Å²) in [6.45, 7) is 4.06. The van der Waals surface area contributed by atoms with Crippen molar-refractivity contribution < 1.29 is 16.8 Å². The Morgan fingerprint density at radius 1 is 0.947 bits per heavy atom. The molecule has 1 heterocycles. The lowest BCUT2D eigenvalue weighted by molar-refractivity contribution is 0.567. The van der Waals surface area contributed by atoms with Gasteiger partial charge in [-0.2, -0.15) is 0 Å². The summed E-state index contributed by atoms with van der Waals surface area (Å²) in [5.41, 5.74) is 1.43.